The minimum Gasteiger partial charge on any atom is -0.346 e. The van der Waals surface area contributed by atoms with Crippen LogP contribution in [0.2, 0.25) is 0 Å². The summed E-state index contributed by atoms with van der Waals surface area (Å²) in [7, 11) is 0. The van der Waals surface area contributed by atoms with Crippen molar-refractivity contribution in [2.24, 2.45) is 0 Å². The van der Waals surface area contributed by atoms with Crippen LogP contribution < -0.4 is 0 Å². The van der Waals surface area contributed by atoms with Gasteiger partial charge in [0.1, 0.15) is 5.82 Å². The molecule has 0 radical (unpaired) electrons. The van der Waals surface area contributed by atoms with Crippen LogP contribution in [0, 0.1) is 18.2 Å². The summed E-state index contributed by atoms with van der Waals surface area (Å²) in [6, 6.07) is 4.57. The second kappa shape index (κ2) is 3.79. The van der Waals surface area contributed by atoms with Gasteiger partial charge in [-0.15, -0.1) is 6.42 Å². The van der Waals surface area contributed by atoms with E-state index in [9.17, 15) is 4.39 Å². The summed E-state index contributed by atoms with van der Waals surface area (Å²) in [4.78, 5) is 0. The van der Waals surface area contributed by atoms with Crippen molar-refractivity contribution in [3.05, 3.63) is 35.1 Å². The van der Waals surface area contributed by atoms with Gasteiger partial charge in [-0.25, -0.2) is 4.39 Å². The van der Waals surface area contributed by atoms with Crippen molar-refractivity contribution < 1.29 is 13.9 Å². The summed E-state index contributed by atoms with van der Waals surface area (Å²) < 4.78 is 23.8. The Bertz CT molecular complexity index is 375. The van der Waals surface area contributed by atoms with Crippen LogP contribution in [0.25, 0.3) is 0 Å². The van der Waals surface area contributed by atoms with E-state index < -0.39 is 6.29 Å². The molecule has 0 atom stereocenters. The van der Waals surface area contributed by atoms with Crippen LogP contribution >= 0.6 is 0 Å². The Hall–Kier alpha value is -1.37. The van der Waals surface area contributed by atoms with Crippen LogP contribution in [0.15, 0.2) is 18.2 Å². The fourth-order valence-electron chi connectivity index (χ4n) is 1.35. The molecule has 72 valence electrons. The molecule has 0 saturated carbocycles. The first-order chi connectivity index (χ1) is 6.81. The third kappa shape index (κ3) is 1.63. The van der Waals surface area contributed by atoms with E-state index in [4.69, 9.17) is 15.9 Å². The molecule has 1 saturated heterocycles. The van der Waals surface area contributed by atoms with E-state index in [-0.39, 0.29) is 5.82 Å². The lowest BCUT2D eigenvalue weighted by Crippen LogP contribution is -2.01. The van der Waals surface area contributed by atoms with Gasteiger partial charge in [-0.1, -0.05) is 5.92 Å². The van der Waals surface area contributed by atoms with Gasteiger partial charge in [-0.3, -0.25) is 0 Å². The van der Waals surface area contributed by atoms with E-state index in [1.165, 1.54) is 6.07 Å². The molecular weight excluding hydrogens is 183 g/mol. The summed E-state index contributed by atoms with van der Waals surface area (Å²) in [5, 5.41) is 0. The predicted molar refractivity (Wildman–Crippen MR) is 49.0 cm³/mol. The number of halogens is 1. The topological polar surface area (TPSA) is 18.5 Å². The molecule has 0 unspecified atom stereocenters. The quantitative estimate of drug-likeness (QED) is 0.632. The van der Waals surface area contributed by atoms with Crippen LogP contribution in [-0.4, -0.2) is 13.2 Å². The van der Waals surface area contributed by atoms with E-state index >= 15 is 0 Å². The molecule has 1 aliphatic rings. The monoisotopic (exact) mass is 192 g/mol. The molecule has 1 fully saturated rings. The van der Waals surface area contributed by atoms with E-state index in [1.54, 1.807) is 12.1 Å². The molecule has 0 amide bonds. The number of benzene rings is 1. The molecule has 0 aromatic heterocycles. The zero-order valence-corrected chi connectivity index (χ0v) is 7.50. The van der Waals surface area contributed by atoms with Crippen LogP contribution in [-0.2, 0) is 9.47 Å². The molecule has 1 heterocycles. The van der Waals surface area contributed by atoms with Crippen molar-refractivity contribution in [3.8, 4) is 12.3 Å². The summed E-state index contributed by atoms with van der Waals surface area (Å²) in [6.45, 7) is 1.00. The molecule has 0 aliphatic carbocycles. The minimum absolute atomic E-state index is 0.382. The maximum atomic E-state index is 13.4. The largest absolute Gasteiger partial charge is 0.346 e. The first kappa shape index (κ1) is 9.20. The highest BCUT2D eigenvalue weighted by molar-refractivity contribution is 5.35. The van der Waals surface area contributed by atoms with Gasteiger partial charge in [-0.2, -0.15) is 0 Å². The Morgan fingerprint density at radius 1 is 1.36 bits per heavy atom. The van der Waals surface area contributed by atoms with Gasteiger partial charge in [0.2, 0.25) is 0 Å². The molecule has 3 heteroatoms. The van der Waals surface area contributed by atoms with Gasteiger partial charge in [0.15, 0.2) is 6.29 Å². The molecule has 1 aliphatic heterocycles. The normalized spacial score (nSPS) is 16.9. The minimum atomic E-state index is -0.582. The molecular formula is C11H9FO2. The third-order valence-electron chi connectivity index (χ3n) is 2.04. The summed E-state index contributed by atoms with van der Waals surface area (Å²) in [5.41, 5.74) is 0.922. The van der Waals surface area contributed by atoms with Crippen molar-refractivity contribution >= 4 is 0 Å². The fraction of sp³-hybridized carbons (Fsp3) is 0.273. The average Bonchev–Trinajstić information content (AvgIpc) is 2.70. The Morgan fingerprint density at radius 3 is 2.64 bits per heavy atom. The Kier molecular flexibility index (Phi) is 2.49. The highest BCUT2D eigenvalue weighted by Gasteiger charge is 2.21. The van der Waals surface area contributed by atoms with Gasteiger partial charge >= 0.3 is 0 Å². The molecule has 1 aromatic rings. The van der Waals surface area contributed by atoms with Gasteiger partial charge in [0, 0.05) is 11.1 Å². The molecule has 2 nitrogen and oxygen atoms in total. The molecule has 1 aromatic carbocycles. The molecule has 14 heavy (non-hydrogen) atoms. The number of hydrogen-bond acceptors (Lipinski definition) is 2. The lowest BCUT2D eigenvalue weighted by atomic mass is 10.1. The summed E-state index contributed by atoms with van der Waals surface area (Å²) >= 11 is 0. The van der Waals surface area contributed by atoms with E-state index in [0.717, 1.165) is 0 Å². The predicted octanol–water partition coefficient (Wildman–Crippen LogP) is 1.85. The van der Waals surface area contributed by atoms with E-state index in [2.05, 4.69) is 5.92 Å². The smallest absolute Gasteiger partial charge is 0.186 e. The zero-order valence-electron chi connectivity index (χ0n) is 7.50. The average molecular weight is 192 g/mol. The second-order valence-corrected chi connectivity index (χ2v) is 2.95. The van der Waals surface area contributed by atoms with Crippen LogP contribution in [0.5, 0.6) is 0 Å². The van der Waals surface area contributed by atoms with E-state index in [0.29, 0.717) is 24.3 Å². The lowest BCUT2D eigenvalue weighted by Gasteiger charge is -2.10. The number of terminal acetylenes is 1. The maximum Gasteiger partial charge on any atom is 0.186 e. The van der Waals surface area contributed by atoms with Crippen molar-refractivity contribution in [3.63, 3.8) is 0 Å². The van der Waals surface area contributed by atoms with Crippen molar-refractivity contribution in [2.75, 3.05) is 13.2 Å². The first-order valence-electron chi connectivity index (χ1n) is 4.30. The Balaban J connectivity index is 2.30. The van der Waals surface area contributed by atoms with Crippen LogP contribution in [0.3, 0.4) is 0 Å². The Labute approximate surface area is 81.6 Å². The van der Waals surface area contributed by atoms with Gasteiger partial charge in [0.25, 0.3) is 0 Å². The van der Waals surface area contributed by atoms with Crippen LogP contribution in [0.1, 0.15) is 17.4 Å². The molecule has 0 N–H and O–H groups in total. The molecule has 0 bridgehead atoms. The fourth-order valence-corrected chi connectivity index (χ4v) is 1.35. The third-order valence-corrected chi connectivity index (χ3v) is 2.04. The van der Waals surface area contributed by atoms with Gasteiger partial charge < -0.3 is 9.47 Å². The van der Waals surface area contributed by atoms with Crippen LogP contribution in [0.4, 0.5) is 4.39 Å². The number of hydrogen-bond donors (Lipinski definition) is 0. The van der Waals surface area contributed by atoms with Crippen molar-refractivity contribution in [2.45, 2.75) is 6.29 Å². The standard InChI is InChI=1S/C11H9FO2/c1-2-8-3-4-9(10(12)7-8)11-13-5-6-14-11/h1,3-4,7,11H,5-6H2. The highest BCUT2D eigenvalue weighted by Crippen LogP contribution is 2.25. The second-order valence-electron chi connectivity index (χ2n) is 2.95. The molecule has 2 rings (SSSR count). The maximum absolute atomic E-state index is 13.4. The summed E-state index contributed by atoms with van der Waals surface area (Å²) in [6.07, 6.45) is 4.56. The zero-order chi connectivity index (χ0) is 9.97. The molecule has 0 spiro atoms. The van der Waals surface area contributed by atoms with Gasteiger partial charge in [0.05, 0.1) is 13.2 Å². The van der Waals surface area contributed by atoms with Crippen molar-refractivity contribution in [1.29, 1.82) is 0 Å². The SMILES string of the molecule is C#Cc1ccc(C2OCCO2)c(F)c1. The number of ether oxygens (including phenoxy) is 2. The van der Waals surface area contributed by atoms with Crippen molar-refractivity contribution in [1.82, 2.24) is 0 Å². The van der Waals surface area contributed by atoms with Gasteiger partial charge in [-0.05, 0) is 18.2 Å². The summed E-state index contributed by atoms with van der Waals surface area (Å²) in [5.74, 6) is 1.98. The van der Waals surface area contributed by atoms with E-state index in [1.807, 2.05) is 0 Å². The number of rotatable bonds is 1. The highest BCUT2D eigenvalue weighted by atomic mass is 19.1. The first-order valence-corrected chi connectivity index (χ1v) is 4.30. The lowest BCUT2D eigenvalue weighted by molar-refractivity contribution is -0.0464. The Morgan fingerprint density at radius 2 is 2.07 bits per heavy atom.